The summed E-state index contributed by atoms with van der Waals surface area (Å²) >= 11 is 0. The van der Waals surface area contributed by atoms with Crippen LogP contribution in [0.15, 0.2) is 12.3 Å². The van der Waals surface area contributed by atoms with Gasteiger partial charge in [-0.05, 0) is 25.8 Å². The monoisotopic (exact) mass is 325 g/mol. The second-order valence-electron chi connectivity index (χ2n) is 5.70. The number of anilines is 2. The van der Waals surface area contributed by atoms with Crippen LogP contribution in [-0.2, 0) is 10.0 Å². The molecule has 2 aliphatic heterocycles. The summed E-state index contributed by atoms with van der Waals surface area (Å²) in [6.07, 6.45) is 4.19. The largest absolute Gasteiger partial charge is 0.354 e. The summed E-state index contributed by atoms with van der Waals surface area (Å²) < 4.78 is 25.4. The summed E-state index contributed by atoms with van der Waals surface area (Å²) in [5.41, 5.74) is 0. The van der Waals surface area contributed by atoms with Gasteiger partial charge in [0.25, 0.3) is 0 Å². The van der Waals surface area contributed by atoms with Crippen LogP contribution in [0.5, 0.6) is 0 Å². The topological polar surface area (TPSA) is 69.6 Å². The first kappa shape index (κ1) is 15.5. The molecule has 0 radical (unpaired) electrons. The van der Waals surface area contributed by atoms with Crippen LogP contribution < -0.4 is 9.80 Å². The van der Waals surface area contributed by atoms with Gasteiger partial charge in [-0.25, -0.2) is 13.4 Å². The number of aromatic nitrogens is 2. The molecule has 0 saturated carbocycles. The van der Waals surface area contributed by atoms with Gasteiger partial charge in [-0.3, -0.25) is 0 Å². The van der Waals surface area contributed by atoms with E-state index in [4.69, 9.17) is 0 Å². The highest BCUT2D eigenvalue weighted by Crippen LogP contribution is 2.20. The fourth-order valence-corrected chi connectivity index (χ4v) is 4.05. The first-order valence-corrected chi connectivity index (χ1v) is 9.52. The molecule has 0 atom stereocenters. The van der Waals surface area contributed by atoms with Crippen molar-refractivity contribution in [1.82, 2.24) is 14.3 Å². The zero-order valence-electron chi connectivity index (χ0n) is 13.0. The van der Waals surface area contributed by atoms with E-state index >= 15 is 0 Å². The molecule has 2 saturated heterocycles. The van der Waals surface area contributed by atoms with Crippen molar-refractivity contribution in [2.75, 3.05) is 54.8 Å². The molecular weight excluding hydrogens is 302 g/mol. The number of piperazine rings is 1. The molecule has 0 aliphatic carbocycles. The predicted molar refractivity (Wildman–Crippen MR) is 86.7 cm³/mol. The second-order valence-corrected chi connectivity index (χ2v) is 7.95. The van der Waals surface area contributed by atoms with Crippen molar-refractivity contribution in [3.05, 3.63) is 12.3 Å². The molecule has 1 aromatic rings. The maximum absolute atomic E-state index is 11.9. The maximum atomic E-state index is 11.9. The summed E-state index contributed by atoms with van der Waals surface area (Å²) in [7, 11) is -3.08. The van der Waals surface area contributed by atoms with Gasteiger partial charge in [-0.2, -0.15) is 9.29 Å². The Labute approximate surface area is 132 Å². The molecule has 22 heavy (non-hydrogen) atoms. The molecular formula is C14H23N5O2S. The molecule has 0 N–H and O–H groups in total. The third kappa shape index (κ3) is 3.17. The molecule has 122 valence electrons. The van der Waals surface area contributed by atoms with Crippen LogP contribution in [0.25, 0.3) is 0 Å². The van der Waals surface area contributed by atoms with E-state index in [0.29, 0.717) is 26.2 Å². The zero-order valence-corrected chi connectivity index (χ0v) is 13.8. The van der Waals surface area contributed by atoms with Crippen LogP contribution in [0.3, 0.4) is 0 Å². The van der Waals surface area contributed by atoms with Crippen molar-refractivity contribution in [2.24, 2.45) is 0 Å². The molecule has 0 bridgehead atoms. The maximum Gasteiger partial charge on any atom is 0.227 e. The highest BCUT2D eigenvalue weighted by Gasteiger charge is 2.26. The van der Waals surface area contributed by atoms with Crippen LogP contribution in [0, 0.1) is 0 Å². The van der Waals surface area contributed by atoms with Gasteiger partial charge >= 0.3 is 0 Å². The fraction of sp³-hybridized carbons (Fsp3) is 0.714. The molecule has 1 aromatic heterocycles. The zero-order chi connectivity index (χ0) is 15.6. The Kier molecular flexibility index (Phi) is 4.49. The van der Waals surface area contributed by atoms with Gasteiger partial charge in [-0.15, -0.1) is 0 Å². The lowest BCUT2D eigenvalue weighted by Crippen LogP contribution is -2.49. The van der Waals surface area contributed by atoms with E-state index in [1.807, 2.05) is 6.07 Å². The lowest BCUT2D eigenvalue weighted by molar-refractivity contribution is 0.384. The second kappa shape index (κ2) is 6.37. The molecule has 2 fully saturated rings. The van der Waals surface area contributed by atoms with E-state index < -0.39 is 10.0 Å². The van der Waals surface area contributed by atoms with Crippen molar-refractivity contribution in [3.63, 3.8) is 0 Å². The minimum absolute atomic E-state index is 0.166. The van der Waals surface area contributed by atoms with E-state index in [1.165, 1.54) is 12.8 Å². The smallest absolute Gasteiger partial charge is 0.227 e. The van der Waals surface area contributed by atoms with Crippen molar-refractivity contribution >= 4 is 21.8 Å². The number of sulfonamides is 1. The fourth-order valence-electron chi connectivity index (χ4n) is 2.96. The summed E-state index contributed by atoms with van der Waals surface area (Å²) in [5.74, 6) is 1.85. The Hall–Kier alpha value is -1.41. The molecule has 0 spiro atoms. The quantitative estimate of drug-likeness (QED) is 0.805. The van der Waals surface area contributed by atoms with Crippen LogP contribution in [0.4, 0.5) is 11.8 Å². The molecule has 7 nitrogen and oxygen atoms in total. The van der Waals surface area contributed by atoms with Crippen molar-refractivity contribution in [3.8, 4) is 0 Å². The van der Waals surface area contributed by atoms with E-state index in [1.54, 1.807) is 17.4 Å². The van der Waals surface area contributed by atoms with Gasteiger partial charge in [0.2, 0.25) is 16.0 Å². The minimum atomic E-state index is -3.08. The molecule has 0 amide bonds. The van der Waals surface area contributed by atoms with Crippen LogP contribution in [0.1, 0.15) is 19.8 Å². The summed E-state index contributed by atoms with van der Waals surface area (Å²) in [6, 6.07) is 1.91. The van der Waals surface area contributed by atoms with Crippen LogP contribution >= 0.6 is 0 Å². The molecule has 3 heterocycles. The van der Waals surface area contributed by atoms with Crippen molar-refractivity contribution < 1.29 is 8.42 Å². The van der Waals surface area contributed by atoms with Crippen LogP contribution in [-0.4, -0.2) is 67.7 Å². The average Bonchev–Trinajstić information content (AvgIpc) is 3.10. The number of hydrogen-bond acceptors (Lipinski definition) is 6. The van der Waals surface area contributed by atoms with Gasteiger partial charge in [0.1, 0.15) is 5.82 Å². The first-order valence-electron chi connectivity index (χ1n) is 7.91. The average molecular weight is 325 g/mol. The summed E-state index contributed by atoms with van der Waals surface area (Å²) in [5, 5.41) is 0. The van der Waals surface area contributed by atoms with Crippen molar-refractivity contribution in [2.45, 2.75) is 19.8 Å². The minimum Gasteiger partial charge on any atom is -0.354 e. The van der Waals surface area contributed by atoms with Gasteiger partial charge in [0.05, 0.1) is 5.75 Å². The lowest BCUT2D eigenvalue weighted by atomic mass is 10.3. The highest BCUT2D eigenvalue weighted by molar-refractivity contribution is 7.89. The molecule has 0 aromatic carbocycles. The molecule has 3 rings (SSSR count). The SMILES string of the molecule is CCS(=O)(=O)N1CCN(c2ccnc(N3CCCC3)n2)CC1. The Morgan fingerprint density at radius 3 is 2.36 bits per heavy atom. The summed E-state index contributed by atoms with van der Waals surface area (Å²) in [4.78, 5) is 13.4. The number of rotatable bonds is 4. The van der Waals surface area contributed by atoms with Crippen LogP contribution in [0.2, 0.25) is 0 Å². The normalized spacial score (nSPS) is 20.6. The molecule has 0 unspecified atom stereocenters. The van der Waals surface area contributed by atoms with Crippen molar-refractivity contribution in [1.29, 1.82) is 0 Å². The lowest BCUT2D eigenvalue weighted by Gasteiger charge is -2.34. The third-order valence-electron chi connectivity index (χ3n) is 4.34. The Bertz CT molecular complexity index is 607. The van der Waals surface area contributed by atoms with E-state index in [0.717, 1.165) is 24.9 Å². The third-order valence-corrected chi connectivity index (χ3v) is 6.22. The van der Waals surface area contributed by atoms with Gasteiger partial charge in [0, 0.05) is 45.5 Å². The van der Waals surface area contributed by atoms with Gasteiger partial charge < -0.3 is 9.80 Å². The van der Waals surface area contributed by atoms with Gasteiger partial charge in [-0.1, -0.05) is 0 Å². The predicted octanol–water partition coefficient (Wildman–Crippen LogP) is 0.548. The summed E-state index contributed by atoms with van der Waals surface area (Å²) in [6.45, 7) is 6.14. The van der Waals surface area contributed by atoms with E-state index in [2.05, 4.69) is 19.8 Å². The number of hydrogen-bond donors (Lipinski definition) is 0. The Balaban J connectivity index is 1.67. The highest BCUT2D eigenvalue weighted by atomic mass is 32.2. The molecule has 8 heteroatoms. The molecule has 2 aliphatic rings. The number of nitrogens with zero attached hydrogens (tertiary/aromatic N) is 5. The standard InChI is InChI=1S/C14H23N5O2S/c1-2-22(20,21)19-11-9-17(10-12-19)13-5-6-15-14(16-13)18-7-3-4-8-18/h5-6H,2-4,7-12H2,1H3. The van der Waals surface area contributed by atoms with E-state index in [-0.39, 0.29) is 5.75 Å². The first-order chi connectivity index (χ1) is 10.6. The van der Waals surface area contributed by atoms with E-state index in [9.17, 15) is 8.42 Å². The van der Waals surface area contributed by atoms with Gasteiger partial charge in [0.15, 0.2) is 0 Å². The Morgan fingerprint density at radius 2 is 1.73 bits per heavy atom. The Morgan fingerprint density at radius 1 is 1.05 bits per heavy atom.